The minimum absolute atomic E-state index is 0.360. The smallest absolute Gasteiger partial charge is 0.178 e. The number of hydrogen-bond donors (Lipinski definition) is 0. The summed E-state index contributed by atoms with van der Waals surface area (Å²) < 4.78 is 0. The second kappa shape index (κ2) is 5.86. The van der Waals surface area contributed by atoms with Gasteiger partial charge in [0.05, 0.1) is 24.3 Å². The van der Waals surface area contributed by atoms with E-state index < -0.39 is 11.3 Å². The van der Waals surface area contributed by atoms with Gasteiger partial charge in [-0.3, -0.25) is 0 Å². The first-order valence-electron chi connectivity index (χ1n) is 5.99. The molecule has 0 heterocycles. The van der Waals surface area contributed by atoms with Gasteiger partial charge in [-0.25, -0.2) is 0 Å². The van der Waals surface area contributed by atoms with Gasteiger partial charge >= 0.3 is 0 Å². The van der Waals surface area contributed by atoms with Crippen molar-refractivity contribution in [1.82, 2.24) is 0 Å². The second-order valence-corrected chi connectivity index (χ2v) is 4.89. The standard InChI is InChI=1S/C15H14N4/c1-11(2)5-12-3-4-13(6-12)15(9-18,10-19)14(7-16)8-17/h6,13-14H,1,3-5H2,2H3. The lowest BCUT2D eigenvalue weighted by Crippen LogP contribution is -2.32. The highest BCUT2D eigenvalue weighted by Gasteiger charge is 2.48. The Morgan fingerprint density at radius 1 is 1.37 bits per heavy atom. The highest BCUT2D eigenvalue weighted by atomic mass is 14.5. The molecule has 0 aromatic heterocycles. The molecule has 4 heteroatoms. The maximum Gasteiger partial charge on any atom is 0.178 e. The van der Waals surface area contributed by atoms with Crippen molar-refractivity contribution in [1.29, 1.82) is 21.0 Å². The van der Waals surface area contributed by atoms with E-state index in [4.69, 9.17) is 10.5 Å². The summed E-state index contributed by atoms with van der Waals surface area (Å²) in [5.74, 6) is -1.59. The Kier molecular flexibility index (Phi) is 4.47. The Bertz CT molecular complexity index is 543. The van der Waals surface area contributed by atoms with Crippen LogP contribution in [0.2, 0.25) is 0 Å². The van der Waals surface area contributed by atoms with Crippen molar-refractivity contribution in [3.8, 4) is 24.3 Å². The largest absolute Gasteiger partial charge is 0.197 e. The predicted octanol–water partition coefficient (Wildman–Crippen LogP) is 2.99. The molecule has 0 aromatic carbocycles. The topological polar surface area (TPSA) is 95.2 Å². The van der Waals surface area contributed by atoms with Crippen LogP contribution >= 0.6 is 0 Å². The van der Waals surface area contributed by atoms with Crippen molar-refractivity contribution >= 4 is 0 Å². The van der Waals surface area contributed by atoms with Crippen LogP contribution in [-0.4, -0.2) is 0 Å². The Morgan fingerprint density at radius 2 is 1.95 bits per heavy atom. The minimum atomic E-state index is -1.57. The molecule has 0 radical (unpaired) electrons. The molecular weight excluding hydrogens is 236 g/mol. The molecular formula is C15H14N4. The van der Waals surface area contributed by atoms with Crippen molar-refractivity contribution in [2.75, 3.05) is 0 Å². The SMILES string of the molecule is C=C(C)CC1=CC(C(C#N)(C#N)C(C#N)C#N)CC1. The Balaban J connectivity index is 3.13. The third-order valence-electron chi connectivity index (χ3n) is 3.41. The molecule has 1 aliphatic rings. The predicted molar refractivity (Wildman–Crippen MR) is 68.6 cm³/mol. The van der Waals surface area contributed by atoms with E-state index in [0.29, 0.717) is 6.42 Å². The normalized spacial score (nSPS) is 17.8. The van der Waals surface area contributed by atoms with E-state index in [1.807, 2.05) is 25.1 Å². The van der Waals surface area contributed by atoms with Gasteiger partial charge in [0.15, 0.2) is 11.3 Å². The third-order valence-corrected chi connectivity index (χ3v) is 3.41. The zero-order valence-electron chi connectivity index (χ0n) is 10.8. The van der Waals surface area contributed by atoms with Crippen LogP contribution in [0.3, 0.4) is 0 Å². The number of rotatable bonds is 4. The zero-order valence-corrected chi connectivity index (χ0v) is 10.8. The van der Waals surface area contributed by atoms with Gasteiger partial charge in [0, 0.05) is 5.92 Å². The highest BCUT2D eigenvalue weighted by Crippen LogP contribution is 2.43. The van der Waals surface area contributed by atoms with Crippen molar-refractivity contribution < 1.29 is 0 Å². The second-order valence-electron chi connectivity index (χ2n) is 4.89. The third kappa shape index (κ3) is 2.65. The van der Waals surface area contributed by atoms with Crippen LogP contribution in [0.5, 0.6) is 0 Å². The molecule has 0 N–H and O–H groups in total. The lowest BCUT2D eigenvalue weighted by atomic mass is 9.69. The molecule has 94 valence electrons. The van der Waals surface area contributed by atoms with Gasteiger partial charge in [-0.15, -0.1) is 0 Å². The zero-order chi connectivity index (χ0) is 14.5. The summed E-state index contributed by atoms with van der Waals surface area (Å²) in [6, 6.07) is 7.37. The molecule has 0 saturated carbocycles. The molecule has 4 nitrogen and oxygen atoms in total. The van der Waals surface area contributed by atoms with Gasteiger partial charge in [0.25, 0.3) is 0 Å². The average Bonchev–Trinajstić information content (AvgIpc) is 2.84. The van der Waals surface area contributed by atoms with Crippen LogP contribution in [-0.2, 0) is 0 Å². The van der Waals surface area contributed by atoms with E-state index >= 15 is 0 Å². The quantitative estimate of drug-likeness (QED) is 0.716. The summed E-state index contributed by atoms with van der Waals surface area (Å²) in [5.41, 5.74) is 0.575. The van der Waals surface area contributed by atoms with Gasteiger partial charge < -0.3 is 0 Å². The molecule has 0 aliphatic heterocycles. The summed E-state index contributed by atoms with van der Waals surface area (Å²) in [5, 5.41) is 36.6. The summed E-state index contributed by atoms with van der Waals surface area (Å²) in [4.78, 5) is 0. The molecule has 19 heavy (non-hydrogen) atoms. The first kappa shape index (κ1) is 14.5. The van der Waals surface area contributed by atoms with Crippen molar-refractivity contribution in [3.05, 3.63) is 23.8 Å². The van der Waals surface area contributed by atoms with Crippen LogP contribution in [0.25, 0.3) is 0 Å². The molecule has 0 saturated heterocycles. The van der Waals surface area contributed by atoms with Crippen molar-refractivity contribution in [3.63, 3.8) is 0 Å². The van der Waals surface area contributed by atoms with Crippen molar-refractivity contribution in [2.45, 2.75) is 26.2 Å². The Hall–Kier alpha value is -2.56. The van der Waals surface area contributed by atoms with E-state index in [0.717, 1.165) is 24.0 Å². The van der Waals surface area contributed by atoms with Gasteiger partial charge in [0.2, 0.25) is 0 Å². The first-order chi connectivity index (χ1) is 9.03. The van der Waals surface area contributed by atoms with Crippen LogP contribution in [0.4, 0.5) is 0 Å². The molecule has 1 aliphatic carbocycles. The number of hydrogen-bond acceptors (Lipinski definition) is 4. The summed E-state index contributed by atoms with van der Waals surface area (Å²) >= 11 is 0. The highest BCUT2D eigenvalue weighted by molar-refractivity contribution is 5.33. The van der Waals surface area contributed by atoms with E-state index in [-0.39, 0.29) is 5.92 Å². The maximum absolute atomic E-state index is 9.32. The lowest BCUT2D eigenvalue weighted by molar-refractivity contribution is 0.332. The van der Waals surface area contributed by atoms with E-state index in [1.165, 1.54) is 0 Å². The molecule has 1 rings (SSSR count). The Morgan fingerprint density at radius 3 is 2.37 bits per heavy atom. The molecule has 1 atom stereocenters. The fourth-order valence-corrected chi connectivity index (χ4v) is 2.45. The fourth-order valence-electron chi connectivity index (χ4n) is 2.45. The summed E-state index contributed by atoms with van der Waals surface area (Å²) in [6.45, 7) is 5.76. The van der Waals surface area contributed by atoms with E-state index in [2.05, 4.69) is 6.58 Å². The van der Waals surface area contributed by atoms with Crippen molar-refractivity contribution in [2.24, 2.45) is 17.3 Å². The Labute approximate surface area is 113 Å². The van der Waals surface area contributed by atoms with Gasteiger partial charge in [0.1, 0.15) is 0 Å². The number of allylic oxidation sites excluding steroid dienone is 3. The van der Waals surface area contributed by atoms with Crippen LogP contribution in [0.1, 0.15) is 26.2 Å². The lowest BCUT2D eigenvalue weighted by Gasteiger charge is -2.24. The van der Waals surface area contributed by atoms with Gasteiger partial charge in [-0.05, 0) is 26.2 Å². The fraction of sp³-hybridized carbons (Fsp3) is 0.467. The molecule has 0 spiro atoms. The average molecular weight is 250 g/mol. The summed E-state index contributed by atoms with van der Waals surface area (Å²) in [6.07, 6.45) is 4.03. The van der Waals surface area contributed by atoms with Crippen LogP contribution in [0, 0.1) is 62.6 Å². The van der Waals surface area contributed by atoms with E-state index in [9.17, 15) is 10.5 Å². The van der Waals surface area contributed by atoms with Gasteiger partial charge in [-0.2, -0.15) is 21.0 Å². The molecule has 0 bridgehead atoms. The number of nitrogens with zero attached hydrogens (tertiary/aromatic N) is 4. The number of nitriles is 4. The first-order valence-corrected chi connectivity index (χ1v) is 5.99. The monoisotopic (exact) mass is 250 g/mol. The van der Waals surface area contributed by atoms with E-state index in [1.54, 1.807) is 12.1 Å². The molecule has 1 unspecified atom stereocenters. The molecule has 0 fully saturated rings. The van der Waals surface area contributed by atoms with Crippen LogP contribution in [0.15, 0.2) is 23.8 Å². The molecule has 0 aromatic rings. The van der Waals surface area contributed by atoms with Crippen LogP contribution < -0.4 is 0 Å². The minimum Gasteiger partial charge on any atom is -0.197 e. The van der Waals surface area contributed by atoms with Gasteiger partial charge in [-0.1, -0.05) is 23.8 Å². The maximum atomic E-state index is 9.32. The summed E-state index contributed by atoms with van der Waals surface area (Å²) in [7, 11) is 0. The molecule has 0 amide bonds.